The van der Waals surface area contributed by atoms with Crippen molar-refractivity contribution in [2.45, 2.75) is 6.04 Å². The van der Waals surface area contributed by atoms with E-state index in [1.54, 1.807) is 0 Å². The van der Waals surface area contributed by atoms with E-state index in [0.717, 1.165) is 11.8 Å². The number of carboxylic acid groups (broad SMARTS) is 1. The quantitative estimate of drug-likeness (QED) is 0.497. The van der Waals surface area contributed by atoms with Crippen molar-refractivity contribution in [3.63, 3.8) is 0 Å². The number of carbonyl (C=O) groups excluding carboxylic acids is 1. The molecule has 0 fully saturated rings. The molecule has 1 amide bonds. The van der Waals surface area contributed by atoms with Gasteiger partial charge in [-0.1, -0.05) is 0 Å². The van der Waals surface area contributed by atoms with E-state index in [4.69, 9.17) is 10.8 Å². The molecule has 1 rings (SSSR count). The number of aliphatic carboxylic acids is 1. The third-order valence-corrected chi connectivity index (χ3v) is 3.27. The Bertz CT molecular complexity index is 505. The van der Waals surface area contributed by atoms with E-state index in [0.29, 0.717) is 5.69 Å². The summed E-state index contributed by atoms with van der Waals surface area (Å²) in [6.45, 7) is 0. The van der Waals surface area contributed by atoms with E-state index in [1.165, 1.54) is 24.3 Å². The van der Waals surface area contributed by atoms with Crippen LogP contribution in [0.4, 0.5) is 11.4 Å². The summed E-state index contributed by atoms with van der Waals surface area (Å²) in [5.74, 6) is -1.27. The zero-order valence-corrected chi connectivity index (χ0v) is 11.1. The number of nitro groups is 1. The number of amides is 1. The third-order valence-electron chi connectivity index (χ3n) is 2.21. The molecule has 0 heterocycles. The van der Waals surface area contributed by atoms with Gasteiger partial charge in [0.15, 0.2) is 0 Å². The van der Waals surface area contributed by atoms with Gasteiger partial charge in [-0.2, -0.15) is 0 Å². The molecule has 0 aliphatic heterocycles. The Hall–Kier alpha value is -2.13. The molecular weight excluding hydrogens is 286 g/mol. The molecule has 0 spiro atoms. The van der Waals surface area contributed by atoms with E-state index in [2.05, 4.69) is 5.32 Å². The van der Waals surface area contributed by atoms with Crippen LogP contribution in [0.1, 0.15) is 0 Å². The molecule has 0 aliphatic rings. The van der Waals surface area contributed by atoms with Crippen molar-refractivity contribution in [1.29, 1.82) is 0 Å². The number of non-ortho nitro benzene ring substituents is 1. The highest BCUT2D eigenvalue weighted by molar-refractivity contribution is 8.00. The summed E-state index contributed by atoms with van der Waals surface area (Å²) in [5.41, 5.74) is 5.65. The van der Waals surface area contributed by atoms with Gasteiger partial charge < -0.3 is 16.2 Å². The van der Waals surface area contributed by atoms with Crippen LogP contribution in [0.2, 0.25) is 0 Å². The van der Waals surface area contributed by atoms with Crippen molar-refractivity contribution >= 4 is 35.0 Å². The summed E-state index contributed by atoms with van der Waals surface area (Å²) in [4.78, 5) is 31.9. The number of nitrogens with two attached hydrogens (primary N) is 1. The highest BCUT2D eigenvalue weighted by atomic mass is 32.2. The average molecular weight is 299 g/mol. The fraction of sp³-hybridized carbons (Fsp3) is 0.273. The van der Waals surface area contributed by atoms with Gasteiger partial charge in [-0.25, -0.2) is 0 Å². The fourth-order valence-corrected chi connectivity index (χ4v) is 1.99. The smallest absolute Gasteiger partial charge is 0.321 e. The monoisotopic (exact) mass is 299 g/mol. The van der Waals surface area contributed by atoms with Crippen molar-refractivity contribution in [3.8, 4) is 0 Å². The topological polar surface area (TPSA) is 136 Å². The molecule has 20 heavy (non-hydrogen) atoms. The summed E-state index contributed by atoms with van der Waals surface area (Å²) in [6.07, 6.45) is 0. The number of nitrogens with one attached hydrogen (secondary N) is 1. The lowest BCUT2D eigenvalue weighted by atomic mass is 10.3. The minimum atomic E-state index is -1.12. The SMILES string of the molecule is NC(CSCC(=O)Nc1ccc([N+](=O)[O-])cc1)C(=O)O. The van der Waals surface area contributed by atoms with Gasteiger partial charge in [-0.15, -0.1) is 11.8 Å². The minimum absolute atomic E-state index is 0.0535. The average Bonchev–Trinajstić information content (AvgIpc) is 2.39. The van der Waals surface area contributed by atoms with Crippen LogP contribution in [0.15, 0.2) is 24.3 Å². The van der Waals surface area contributed by atoms with Crippen molar-refractivity contribution in [1.82, 2.24) is 0 Å². The molecule has 1 unspecified atom stereocenters. The maximum Gasteiger partial charge on any atom is 0.321 e. The molecule has 1 aromatic carbocycles. The molecule has 0 saturated heterocycles. The first kappa shape index (κ1) is 15.9. The Kier molecular flexibility index (Phi) is 5.94. The molecule has 0 saturated carbocycles. The first-order valence-electron chi connectivity index (χ1n) is 5.50. The first-order valence-corrected chi connectivity index (χ1v) is 6.66. The van der Waals surface area contributed by atoms with Crippen LogP contribution in [-0.2, 0) is 9.59 Å². The van der Waals surface area contributed by atoms with Crippen molar-refractivity contribution < 1.29 is 19.6 Å². The lowest BCUT2D eigenvalue weighted by molar-refractivity contribution is -0.384. The molecule has 8 nitrogen and oxygen atoms in total. The van der Waals surface area contributed by atoms with E-state index >= 15 is 0 Å². The maximum atomic E-state index is 11.5. The van der Waals surface area contributed by atoms with Crippen LogP contribution in [0.5, 0.6) is 0 Å². The molecule has 4 N–H and O–H groups in total. The Balaban J connectivity index is 2.39. The van der Waals surface area contributed by atoms with Crippen molar-refractivity contribution in [2.24, 2.45) is 5.73 Å². The number of nitrogens with zero attached hydrogens (tertiary/aromatic N) is 1. The summed E-state index contributed by atoms with van der Waals surface area (Å²) in [7, 11) is 0. The zero-order chi connectivity index (χ0) is 15.1. The third kappa shape index (κ3) is 5.24. The molecule has 0 aliphatic carbocycles. The molecule has 0 aromatic heterocycles. The fourth-order valence-electron chi connectivity index (χ4n) is 1.21. The van der Waals surface area contributed by atoms with E-state index in [1.807, 2.05) is 0 Å². The predicted octanol–water partition coefficient (Wildman–Crippen LogP) is 0.678. The standard InChI is InChI=1S/C11H13N3O5S/c12-9(11(16)17)5-20-6-10(15)13-7-1-3-8(4-2-7)14(18)19/h1-4,9H,5-6,12H2,(H,13,15)(H,16,17). The van der Waals surface area contributed by atoms with Gasteiger partial charge in [0.25, 0.3) is 5.69 Å². The van der Waals surface area contributed by atoms with Gasteiger partial charge in [0.05, 0.1) is 10.7 Å². The highest BCUT2D eigenvalue weighted by Gasteiger charge is 2.12. The second kappa shape index (κ2) is 7.46. The number of hydrogen-bond acceptors (Lipinski definition) is 6. The number of thioether (sulfide) groups is 1. The largest absolute Gasteiger partial charge is 0.480 e. The van der Waals surface area contributed by atoms with E-state index in [9.17, 15) is 19.7 Å². The number of hydrogen-bond donors (Lipinski definition) is 3. The summed E-state index contributed by atoms with van der Waals surface area (Å²) in [6, 6.07) is 4.40. The Labute approximate surface area is 118 Å². The predicted molar refractivity (Wildman–Crippen MR) is 74.7 cm³/mol. The van der Waals surface area contributed by atoms with Crippen molar-refractivity contribution in [2.75, 3.05) is 16.8 Å². The van der Waals surface area contributed by atoms with Gasteiger partial charge in [-0.3, -0.25) is 19.7 Å². The summed E-state index contributed by atoms with van der Waals surface area (Å²) < 4.78 is 0. The lowest BCUT2D eigenvalue weighted by Gasteiger charge is -2.07. The number of anilines is 1. The molecule has 1 aromatic rings. The van der Waals surface area contributed by atoms with E-state index < -0.39 is 16.9 Å². The Morgan fingerprint density at radius 2 is 2.00 bits per heavy atom. The van der Waals surface area contributed by atoms with Crippen LogP contribution in [0.3, 0.4) is 0 Å². The molecule has 0 radical (unpaired) electrons. The van der Waals surface area contributed by atoms with Crippen LogP contribution in [-0.4, -0.2) is 39.5 Å². The van der Waals surface area contributed by atoms with Crippen LogP contribution < -0.4 is 11.1 Å². The van der Waals surface area contributed by atoms with Crippen LogP contribution >= 0.6 is 11.8 Å². The molecule has 1 atom stereocenters. The van der Waals surface area contributed by atoms with Gasteiger partial charge >= 0.3 is 5.97 Å². The highest BCUT2D eigenvalue weighted by Crippen LogP contribution is 2.15. The minimum Gasteiger partial charge on any atom is -0.480 e. The van der Waals surface area contributed by atoms with Gasteiger partial charge in [0.2, 0.25) is 5.91 Å². The number of benzene rings is 1. The number of carboxylic acids is 1. The molecular formula is C11H13N3O5S. The normalized spacial score (nSPS) is 11.7. The van der Waals surface area contributed by atoms with Crippen molar-refractivity contribution in [3.05, 3.63) is 34.4 Å². The second-order valence-electron chi connectivity index (χ2n) is 3.81. The van der Waals surface area contributed by atoms with E-state index in [-0.39, 0.29) is 23.1 Å². The molecule has 108 valence electrons. The lowest BCUT2D eigenvalue weighted by Crippen LogP contribution is -2.33. The van der Waals surface area contributed by atoms with Gasteiger partial charge in [0, 0.05) is 23.6 Å². The number of rotatable bonds is 7. The number of nitro benzene ring substituents is 1. The number of carbonyl (C=O) groups is 2. The molecule has 9 heteroatoms. The van der Waals surface area contributed by atoms with Gasteiger partial charge in [-0.05, 0) is 12.1 Å². The second-order valence-corrected chi connectivity index (χ2v) is 4.84. The zero-order valence-electron chi connectivity index (χ0n) is 10.3. The van der Waals surface area contributed by atoms with Crippen LogP contribution in [0, 0.1) is 10.1 Å². The van der Waals surface area contributed by atoms with Crippen LogP contribution in [0.25, 0.3) is 0 Å². The Morgan fingerprint density at radius 3 is 2.50 bits per heavy atom. The summed E-state index contributed by atoms with van der Waals surface area (Å²) >= 11 is 1.10. The summed E-state index contributed by atoms with van der Waals surface area (Å²) in [5, 5.41) is 21.5. The first-order chi connectivity index (χ1) is 9.40. The Morgan fingerprint density at radius 1 is 1.40 bits per heavy atom. The van der Waals surface area contributed by atoms with Gasteiger partial charge in [0.1, 0.15) is 6.04 Å². The molecule has 0 bridgehead atoms. The maximum absolute atomic E-state index is 11.5.